The van der Waals surface area contributed by atoms with E-state index in [0.29, 0.717) is 5.78 Å². The molecule has 0 bridgehead atoms. The van der Waals surface area contributed by atoms with Gasteiger partial charge in [-0.2, -0.15) is 0 Å². The summed E-state index contributed by atoms with van der Waals surface area (Å²) in [7, 11) is 0. The predicted molar refractivity (Wildman–Crippen MR) is 110 cm³/mol. The Bertz CT molecular complexity index is 810. The van der Waals surface area contributed by atoms with Crippen LogP contribution < -0.4 is 0 Å². The Kier molecular flexibility index (Phi) is 4.49. The first kappa shape index (κ1) is 17.2. The normalized spacial score (nSPS) is 29.6. The first-order chi connectivity index (χ1) is 12.1. The van der Waals surface area contributed by atoms with Crippen molar-refractivity contribution >= 4 is 43.7 Å². The van der Waals surface area contributed by atoms with Gasteiger partial charge in [-0.15, -0.1) is 0 Å². The van der Waals surface area contributed by atoms with Gasteiger partial charge in [0.25, 0.3) is 0 Å². The van der Waals surface area contributed by atoms with Crippen LogP contribution in [-0.4, -0.2) is 9.02 Å². The number of carbonyl (C=O) groups excluding carboxylic acids is 1. The Morgan fingerprint density at radius 2 is 1.56 bits per heavy atom. The molecule has 2 fully saturated rings. The van der Waals surface area contributed by atoms with E-state index in [1.807, 2.05) is 24.3 Å². The molecule has 0 N–H and O–H groups in total. The van der Waals surface area contributed by atoms with Crippen LogP contribution >= 0.6 is 31.9 Å². The minimum Gasteiger partial charge on any atom is -0.294 e. The SMILES string of the molecule is O=C1/C(=C/c2ccccc2)CCCC[C@]12[C@@H](c1ccccc1)C2(Br)Br. The number of ketones is 1. The summed E-state index contributed by atoms with van der Waals surface area (Å²) in [6.07, 6.45) is 6.04. The van der Waals surface area contributed by atoms with Crippen molar-refractivity contribution in [1.82, 2.24) is 0 Å². The fraction of sp³-hybridized carbons (Fsp3) is 0.318. The van der Waals surface area contributed by atoms with E-state index in [2.05, 4.69) is 74.3 Å². The Labute approximate surface area is 165 Å². The number of allylic oxidation sites excluding steroid dienone is 1. The largest absolute Gasteiger partial charge is 0.294 e. The van der Waals surface area contributed by atoms with E-state index in [-0.39, 0.29) is 14.6 Å². The monoisotopic (exact) mass is 458 g/mol. The third-order valence-corrected chi connectivity index (χ3v) is 7.94. The van der Waals surface area contributed by atoms with Gasteiger partial charge in [0, 0.05) is 5.92 Å². The van der Waals surface area contributed by atoms with Crippen LogP contribution in [0, 0.1) is 5.41 Å². The molecule has 2 aromatic carbocycles. The highest BCUT2D eigenvalue weighted by atomic mass is 79.9. The lowest BCUT2D eigenvalue weighted by Crippen LogP contribution is -2.22. The van der Waals surface area contributed by atoms with Gasteiger partial charge in [0.2, 0.25) is 0 Å². The maximum absolute atomic E-state index is 13.6. The van der Waals surface area contributed by atoms with Crippen LogP contribution in [-0.2, 0) is 4.79 Å². The zero-order chi connectivity index (χ0) is 17.5. The van der Waals surface area contributed by atoms with Gasteiger partial charge in [0.05, 0.1) is 5.41 Å². The van der Waals surface area contributed by atoms with E-state index < -0.39 is 0 Å². The Balaban J connectivity index is 1.75. The van der Waals surface area contributed by atoms with E-state index in [1.54, 1.807) is 0 Å². The summed E-state index contributed by atoms with van der Waals surface area (Å²) in [6, 6.07) is 20.6. The number of benzene rings is 2. The molecule has 0 saturated heterocycles. The van der Waals surface area contributed by atoms with Crippen LogP contribution in [0.4, 0.5) is 0 Å². The maximum atomic E-state index is 13.6. The molecule has 0 heterocycles. The molecule has 2 atom stereocenters. The second-order valence-electron chi connectivity index (χ2n) is 7.05. The lowest BCUT2D eigenvalue weighted by molar-refractivity contribution is -0.120. The van der Waals surface area contributed by atoms with E-state index >= 15 is 0 Å². The summed E-state index contributed by atoms with van der Waals surface area (Å²) in [5.74, 6) is 0.474. The quantitative estimate of drug-likeness (QED) is 0.370. The summed E-state index contributed by atoms with van der Waals surface area (Å²) in [5.41, 5.74) is 2.91. The Morgan fingerprint density at radius 1 is 0.920 bits per heavy atom. The van der Waals surface area contributed by atoms with Crippen molar-refractivity contribution in [2.75, 3.05) is 0 Å². The predicted octanol–water partition coefficient (Wildman–Crippen LogP) is 6.48. The molecule has 0 amide bonds. The van der Waals surface area contributed by atoms with Crippen molar-refractivity contribution in [3.05, 3.63) is 77.4 Å². The number of carbonyl (C=O) groups is 1. The maximum Gasteiger partial charge on any atom is 0.168 e. The standard InChI is InChI=1S/C22H20Br2O/c23-22(24)19(17-11-5-2-6-12-17)21(22)14-8-7-13-18(20(21)25)15-16-9-3-1-4-10-16/h1-6,9-12,15,19H,7-8,13-14H2/b18-15+/t19-,21+/m1/s1. The number of hydrogen-bond acceptors (Lipinski definition) is 1. The van der Waals surface area contributed by atoms with Gasteiger partial charge >= 0.3 is 0 Å². The minimum absolute atomic E-state index is 0.172. The molecule has 2 saturated carbocycles. The van der Waals surface area contributed by atoms with Gasteiger partial charge < -0.3 is 0 Å². The topological polar surface area (TPSA) is 17.1 Å². The van der Waals surface area contributed by atoms with E-state index in [4.69, 9.17) is 0 Å². The first-order valence-electron chi connectivity index (χ1n) is 8.80. The molecule has 0 unspecified atom stereocenters. The van der Waals surface area contributed by atoms with Crippen molar-refractivity contribution in [1.29, 1.82) is 0 Å². The number of rotatable bonds is 2. The van der Waals surface area contributed by atoms with Gasteiger partial charge in [0.1, 0.15) is 3.23 Å². The van der Waals surface area contributed by atoms with E-state index in [1.165, 1.54) is 5.56 Å². The molecule has 1 spiro atoms. The number of hydrogen-bond donors (Lipinski definition) is 0. The van der Waals surface area contributed by atoms with Crippen molar-refractivity contribution in [3.8, 4) is 0 Å². The molecule has 1 nitrogen and oxygen atoms in total. The van der Waals surface area contributed by atoms with Gasteiger partial charge in [0.15, 0.2) is 5.78 Å². The summed E-state index contributed by atoms with van der Waals surface area (Å²) in [4.78, 5) is 13.6. The Hall–Kier alpha value is -1.19. The molecular weight excluding hydrogens is 440 g/mol. The Morgan fingerprint density at radius 3 is 2.24 bits per heavy atom. The first-order valence-corrected chi connectivity index (χ1v) is 10.4. The number of Topliss-reactive ketones (excluding diaryl/α,β-unsaturated/α-hetero) is 1. The van der Waals surface area contributed by atoms with Crippen LogP contribution in [0.5, 0.6) is 0 Å². The van der Waals surface area contributed by atoms with E-state index in [9.17, 15) is 4.79 Å². The number of halogens is 2. The smallest absolute Gasteiger partial charge is 0.168 e. The summed E-state index contributed by atoms with van der Waals surface area (Å²) >= 11 is 7.73. The summed E-state index contributed by atoms with van der Waals surface area (Å²) in [5, 5.41) is 0. The van der Waals surface area contributed by atoms with Gasteiger partial charge in [-0.25, -0.2) is 0 Å². The average molecular weight is 460 g/mol. The molecule has 4 rings (SSSR count). The van der Waals surface area contributed by atoms with Gasteiger partial charge in [-0.1, -0.05) is 98.9 Å². The lowest BCUT2D eigenvalue weighted by Gasteiger charge is -2.16. The van der Waals surface area contributed by atoms with Crippen molar-refractivity contribution < 1.29 is 4.79 Å². The fourth-order valence-electron chi connectivity index (χ4n) is 4.31. The highest BCUT2D eigenvalue weighted by Gasteiger charge is 2.78. The zero-order valence-electron chi connectivity index (χ0n) is 13.9. The van der Waals surface area contributed by atoms with Crippen LogP contribution in [0.15, 0.2) is 66.2 Å². The van der Waals surface area contributed by atoms with Crippen molar-refractivity contribution in [2.45, 2.75) is 34.8 Å². The third kappa shape index (κ3) is 2.76. The molecule has 0 aromatic heterocycles. The molecule has 25 heavy (non-hydrogen) atoms. The average Bonchev–Trinajstić information content (AvgIpc) is 3.19. The molecule has 0 aliphatic heterocycles. The van der Waals surface area contributed by atoms with E-state index in [0.717, 1.165) is 36.8 Å². The molecule has 2 aliphatic carbocycles. The highest BCUT2D eigenvalue weighted by Crippen LogP contribution is 2.79. The van der Waals surface area contributed by atoms with Crippen molar-refractivity contribution in [3.63, 3.8) is 0 Å². The second kappa shape index (κ2) is 6.51. The van der Waals surface area contributed by atoms with Crippen LogP contribution in [0.3, 0.4) is 0 Å². The summed E-state index contributed by atoms with van der Waals surface area (Å²) < 4.78 is -0.342. The molecule has 3 heteroatoms. The molecular formula is C22H20Br2O. The van der Waals surface area contributed by atoms with Crippen LogP contribution in [0.2, 0.25) is 0 Å². The summed E-state index contributed by atoms with van der Waals surface area (Å²) in [6.45, 7) is 0. The van der Waals surface area contributed by atoms with Gasteiger partial charge in [-0.3, -0.25) is 4.79 Å². The highest BCUT2D eigenvalue weighted by molar-refractivity contribution is 9.25. The lowest BCUT2D eigenvalue weighted by atomic mass is 9.87. The van der Waals surface area contributed by atoms with Gasteiger partial charge in [-0.05, 0) is 42.0 Å². The number of alkyl halides is 2. The molecule has 0 radical (unpaired) electrons. The molecule has 128 valence electrons. The zero-order valence-corrected chi connectivity index (χ0v) is 17.1. The van der Waals surface area contributed by atoms with Crippen molar-refractivity contribution in [2.24, 2.45) is 5.41 Å². The third-order valence-electron chi connectivity index (χ3n) is 5.60. The van der Waals surface area contributed by atoms with Crippen LogP contribution in [0.25, 0.3) is 6.08 Å². The molecule has 2 aliphatic rings. The van der Waals surface area contributed by atoms with Crippen LogP contribution in [0.1, 0.15) is 42.7 Å². The minimum atomic E-state index is -0.383. The second-order valence-corrected chi connectivity index (χ2v) is 10.6. The fourth-order valence-corrected chi connectivity index (χ4v) is 6.61. The molecule has 2 aromatic rings.